The van der Waals surface area contributed by atoms with E-state index in [2.05, 4.69) is 22.4 Å². The smallest absolute Gasteiger partial charge is 0.257 e. The fourth-order valence-corrected chi connectivity index (χ4v) is 1.56. The van der Waals surface area contributed by atoms with Gasteiger partial charge in [0.15, 0.2) is 5.82 Å². The minimum absolute atomic E-state index is 0. The first-order valence-electron chi connectivity index (χ1n) is 5.87. The summed E-state index contributed by atoms with van der Waals surface area (Å²) in [5, 5.41) is 7.11. The monoisotopic (exact) mass is 283 g/mol. The summed E-state index contributed by atoms with van der Waals surface area (Å²) in [4.78, 5) is 4.37. The number of likely N-dealkylation sites (N-methyl/N-ethyl adjacent to an activating group) is 1. The second-order valence-corrected chi connectivity index (χ2v) is 4.14. The average molecular weight is 284 g/mol. The summed E-state index contributed by atoms with van der Waals surface area (Å²) in [7, 11) is 3.55. The van der Waals surface area contributed by atoms with Crippen LogP contribution in [0.15, 0.2) is 28.8 Å². The van der Waals surface area contributed by atoms with Gasteiger partial charge in [0, 0.05) is 18.0 Å². The molecule has 1 N–H and O–H groups in total. The molecule has 0 spiro atoms. The van der Waals surface area contributed by atoms with Gasteiger partial charge in [-0.2, -0.15) is 4.98 Å². The molecule has 0 saturated carbocycles. The molecule has 1 atom stereocenters. The van der Waals surface area contributed by atoms with Crippen molar-refractivity contribution in [3.63, 3.8) is 0 Å². The van der Waals surface area contributed by atoms with Crippen LogP contribution in [-0.4, -0.2) is 30.3 Å². The molecule has 1 heterocycles. The Hall–Kier alpha value is -1.59. The van der Waals surface area contributed by atoms with Crippen molar-refractivity contribution in [3.8, 4) is 17.2 Å². The number of nitrogens with one attached hydrogen (secondary N) is 1. The molecule has 1 unspecified atom stereocenters. The number of methoxy groups -OCH3 is 1. The molecule has 0 aliphatic carbocycles. The minimum atomic E-state index is 0. The molecule has 0 fully saturated rings. The summed E-state index contributed by atoms with van der Waals surface area (Å²) in [5.74, 6) is 2.06. The fourth-order valence-electron chi connectivity index (χ4n) is 1.56. The molecule has 0 amide bonds. The number of hydrogen-bond acceptors (Lipinski definition) is 5. The lowest BCUT2D eigenvalue weighted by atomic mass is 10.2. The van der Waals surface area contributed by atoms with Gasteiger partial charge in [0.1, 0.15) is 5.75 Å². The Labute approximate surface area is 118 Å². The van der Waals surface area contributed by atoms with Crippen molar-refractivity contribution in [1.82, 2.24) is 15.5 Å². The summed E-state index contributed by atoms with van der Waals surface area (Å²) >= 11 is 0. The molecule has 2 aromatic rings. The highest BCUT2D eigenvalue weighted by molar-refractivity contribution is 5.85. The Morgan fingerprint density at radius 3 is 2.58 bits per heavy atom. The molecule has 6 heteroatoms. The van der Waals surface area contributed by atoms with Crippen molar-refractivity contribution in [2.45, 2.75) is 19.4 Å². The Bertz CT molecular complexity index is 499. The van der Waals surface area contributed by atoms with Crippen molar-refractivity contribution in [2.24, 2.45) is 0 Å². The van der Waals surface area contributed by atoms with Crippen LogP contribution >= 0.6 is 12.4 Å². The van der Waals surface area contributed by atoms with Crippen molar-refractivity contribution < 1.29 is 9.26 Å². The lowest BCUT2D eigenvalue weighted by Gasteiger charge is -2.04. The molecule has 0 saturated heterocycles. The SMILES string of the molecule is CNC(C)Cc1noc(-c2ccc(OC)cc2)n1.Cl. The van der Waals surface area contributed by atoms with E-state index in [0.29, 0.717) is 17.8 Å². The molecule has 0 radical (unpaired) electrons. The van der Waals surface area contributed by atoms with Gasteiger partial charge in [-0.05, 0) is 38.2 Å². The van der Waals surface area contributed by atoms with Gasteiger partial charge >= 0.3 is 0 Å². The van der Waals surface area contributed by atoms with E-state index in [1.807, 2.05) is 31.3 Å². The van der Waals surface area contributed by atoms with Crippen molar-refractivity contribution >= 4 is 12.4 Å². The van der Waals surface area contributed by atoms with Crippen LogP contribution in [0.2, 0.25) is 0 Å². The van der Waals surface area contributed by atoms with Gasteiger partial charge in [0.2, 0.25) is 0 Å². The molecule has 0 aliphatic rings. The molecular formula is C13H18ClN3O2. The van der Waals surface area contributed by atoms with Crippen molar-refractivity contribution in [3.05, 3.63) is 30.1 Å². The molecule has 19 heavy (non-hydrogen) atoms. The number of aromatic nitrogens is 2. The van der Waals surface area contributed by atoms with E-state index in [-0.39, 0.29) is 12.4 Å². The summed E-state index contributed by atoms with van der Waals surface area (Å²) < 4.78 is 10.3. The molecule has 5 nitrogen and oxygen atoms in total. The van der Waals surface area contributed by atoms with E-state index >= 15 is 0 Å². The van der Waals surface area contributed by atoms with Crippen LogP contribution in [0.3, 0.4) is 0 Å². The summed E-state index contributed by atoms with van der Waals surface area (Å²) in [5.41, 5.74) is 0.895. The van der Waals surface area contributed by atoms with Gasteiger partial charge in [-0.1, -0.05) is 5.16 Å². The van der Waals surface area contributed by atoms with Crippen LogP contribution in [0.25, 0.3) is 11.5 Å². The van der Waals surface area contributed by atoms with E-state index in [9.17, 15) is 0 Å². The second-order valence-electron chi connectivity index (χ2n) is 4.14. The lowest BCUT2D eigenvalue weighted by molar-refractivity contribution is 0.413. The Balaban J connectivity index is 0.00000180. The third kappa shape index (κ3) is 3.94. The van der Waals surface area contributed by atoms with Gasteiger partial charge in [0.25, 0.3) is 5.89 Å². The molecular weight excluding hydrogens is 266 g/mol. The number of rotatable bonds is 5. The minimum Gasteiger partial charge on any atom is -0.497 e. The van der Waals surface area contributed by atoms with Crippen LogP contribution in [-0.2, 0) is 6.42 Å². The number of nitrogens with zero attached hydrogens (tertiary/aromatic N) is 2. The van der Waals surface area contributed by atoms with E-state index in [0.717, 1.165) is 17.7 Å². The summed E-state index contributed by atoms with van der Waals surface area (Å²) in [6.07, 6.45) is 0.746. The van der Waals surface area contributed by atoms with Crippen molar-refractivity contribution in [2.75, 3.05) is 14.2 Å². The maximum atomic E-state index is 5.24. The van der Waals surface area contributed by atoms with E-state index in [1.165, 1.54) is 0 Å². The van der Waals surface area contributed by atoms with Crippen LogP contribution in [0.1, 0.15) is 12.7 Å². The van der Waals surface area contributed by atoms with E-state index < -0.39 is 0 Å². The topological polar surface area (TPSA) is 60.2 Å². The maximum Gasteiger partial charge on any atom is 0.257 e. The van der Waals surface area contributed by atoms with Gasteiger partial charge in [0.05, 0.1) is 7.11 Å². The van der Waals surface area contributed by atoms with Crippen LogP contribution in [0, 0.1) is 0 Å². The zero-order chi connectivity index (χ0) is 13.0. The zero-order valence-electron chi connectivity index (χ0n) is 11.2. The first-order chi connectivity index (χ1) is 8.72. The predicted molar refractivity (Wildman–Crippen MR) is 75.8 cm³/mol. The molecule has 2 rings (SSSR count). The molecule has 0 bridgehead atoms. The summed E-state index contributed by atoms with van der Waals surface area (Å²) in [6.45, 7) is 2.07. The van der Waals surface area contributed by atoms with Gasteiger partial charge in [-0.3, -0.25) is 0 Å². The fraction of sp³-hybridized carbons (Fsp3) is 0.385. The molecule has 0 aliphatic heterocycles. The van der Waals surface area contributed by atoms with Crippen LogP contribution < -0.4 is 10.1 Å². The number of benzene rings is 1. The Kier molecular flexibility index (Phi) is 5.79. The van der Waals surface area contributed by atoms with Crippen LogP contribution in [0.4, 0.5) is 0 Å². The molecule has 1 aromatic heterocycles. The van der Waals surface area contributed by atoms with Crippen LogP contribution in [0.5, 0.6) is 5.75 Å². The second kappa shape index (κ2) is 7.11. The Morgan fingerprint density at radius 1 is 1.32 bits per heavy atom. The number of ether oxygens (including phenoxy) is 1. The number of hydrogen-bond donors (Lipinski definition) is 1. The third-order valence-electron chi connectivity index (χ3n) is 2.79. The molecule has 1 aromatic carbocycles. The predicted octanol–water partition coefficient (Wildman–Crippen LogP) is 2.32. The largest absolute Gasteiger partial charge is 0.497 e. The highest BCUT2D eigenvalue weighted by Gasteiger charge is 2.10. The standard InChI is InChI=1S/C13H17N3O2.ClH/c1-9(14-2)8-12-15-13(18-16-12)10-4-6-11(17-3)7-5-10;/h4-7,9,14H,8H2,1-3H3;1H. The van der Waals surface area contributed by atoms with Gasteiger partial charge in [-0.15, -0.1) is 12.4 Å². The maximum absolute atomic E-state index is 5.24. The quantitative estimate of drug-likeness (QED) is 0.912. The van der Waals surface area contributed by atoms with Crippen molar-refractivity contribution in [1.29, 1.82) is 0 Å². The number of halogens is 1. The summed E-state index contributed by atoms with van der Waals surface area (Å²) in [6, 6.07) is 7.87. The molecule has 104 valence electrons. The van der Waals surface area contributed by atoms with E-state index in [4.69, 9.17) is 9.26 Å². The lowest BCUT2D eigenvalue weighted by Crippen LogP contribution is -2.24. The van der Waals surface area contributed by atoms with E-state index in [1.54, 1.807) is 7.11 Å². The Morgan fingerprint density at radius 2 is 2.00 bits per heavy atom. The van der Waals surface area contributed by atoms with Gasteiger partial charge in [-0.25, -0.2) is 0 Å². The highest BCUT2D eigenvalue weighted by atomic mass is 35.5. The average Bonchev–Trinajstić information content (AvgIpc) is 2.87. The van der Waals surface area contributed by atoms with Gasteiger partial charge < -0.3 is 14.6 Å². The zero-order valence-corrected chi connectivity index (χ0v) is 12.0. The first kappa shape index (κ1) is 15.5. The third-order valence-corrected chi connectivity index (χ3v) is 2.79. The normalized spacial score (nSPS) is 11.7. The highest BCUT2D eigenvalue weighted by Crippen LogP contribution is 2.20. The first-order valence-corrected chi connectivity index (χ1v) is 5.87.